The number of anilines is 1. The minimum absolute atomic E-state index is 0.146. The largest absolute Gasteiger partial charge is 0.495 e. The van der Waals surface area contributed by atoms with E-state index >= 15 is 0 Å². The molecule has 1 aromatic carbocycles. The second-order valence-electron chi connectivity index (χ2n) is 4.76. The van der Waals surface area contributed by atoms with Gasteiger partial charge in [0.2, 0.25) is 0 Å². The summed E-state index contributed by atoms with van der Waals surface area (Å²) in [5.41, 5.74) is 0.717. The van der Waals surface area contributed by atoms with Crippen molar-refractivity contribution in [1.82, 2.24) is 0 Å². The monoisotopic (exact) mass is 251 g/mol. The number of ether oxygens (including phenoxy) is 1. The Labute approximate surface area is 110 Å². The minimum atomic E-state index is -0.238. The van der Waals surface area contributed by atoms with Gasteiger partial charge >= 0.3 is 0 Å². The Morgan fingerprint density at radius 3 is 2.28 bits per heavy atom. The summed E-state index contributed by atoms with van der Waals surface area (Å²) >= 11 is 0. The minimum Gasteiger partial charge on any atom is -0.495 e. The molecule has 0 aliphatic heterocycles. The Kier molecular flexibility index (Phi) is 5.99. The third kappa shape index (κ3) is 3.64. The highest BCUT2D eigenvalue weighted by atomic mass is 16.5. The van der Waals surface area contributed by atoms with Crippen LogP contribution in [0.3, 0.4) is 0 Å². The first-order valence-corrected chi connectivity index (χ1v) is 6.73. The van der Waals surface area contributed by atoms with Crippen LogP contribution in [0.1, 0.15) is 39.5 Å². The van der Waals surface area contributed by atoms with E-state index in [-0.39, 0.29) is 12.1 Å². The van der Waals surface area contributed by atoms with Crippen LogP contribution in [-0.4, -0.2) is 24.4 Å². The fourth-order valence-corrected chi connectivity index (χ4v) is 2.44. The van der Waals surface area contributed by atoms with Gasteiger partial charge in [-0.05, 0) is 25.0 Å². The summed E-state index contributed by atoms with van der Waals surface area (Å²) < 4.78 is 5.35. The molecule has 0 unspecified atom stereocenters. The maximum atomic E-state index is 9.76. The van der Waals surface area contributed by atoms with Crippen LogP contribution in [0.4, 0.5) is 5.69 Å². The summed E-state index contributed by atoms with van der Waals surface area (Å²) in [6.07, 6.45) is 4.00. The lowest BCUT2D eigenvalue weighted by atomic mass is 9.89. The highest BCUT2D eigenvalue weighted by Crippen LogP contribution is 2.30. The topological polar surface area (TPSA) is 41.5 Å². The Bertz CT molecular complexity index is 346. The van der Waals surface area contributed by atoms with Crippen molar-refractivity contribution < 1.29 is 9.84 Å². The molecule has 3 nitrogen and oxygen atoms in total. The highest BCUT2D eigenvalue weighted by molar-refractivity contribution is 5.57. The van der Waals surface area contributed by atoms with Gasteiger partial charge in [-0.15, -0.1) is 0 Å². The number of benzene rings is 1. The molecule has 2 N–H and O–H groups in total. The zero-order valence-electron chi connectivity index (χ0n) is 11.7. The molecule has 0 saturated carbocycles. The van der Waals surface area contributed by atoms with E-state index in [2.05, 4.69) is 19.2 Å². The van der Waals surface area contributed by atoms with Gasteiger partial charge in [0.25, 0.3) is 0 Å². The Hall–Kier alpha value is -1.22. The molecule has 102 valence electrons. The third-order valence-electron chi connectivity index (χ3n) is 3.27. The highest BCUT2D eigenvalue weighted by Gasteiger charge is 2.28. The van der Waals surface area contributed by atoms with Gasteiger partial charge in [0, 0.05) is 0 Å². The zero-order valence-corrected chi connectivity index (χ0v) is 11.7. The molecule has 0 bridgehead atoms. The van der Waals surface area contributed by atoms with Crippen molar-refractivity contribution in [2.24, 2.45) is 0 Å². The van der Waals surface area contributed by atoms with Gasteiger partial charge in [-0.2, -0.15) is 0 Å². The van der Waals surface area contributed by atoms with Gasteiger partial charge in [0.05, 0.1) is 24.9 Å². The zero-order chi connectivity index (χ0) is 13.4. The summed E-state index contributed by atoms with van der Waals surface area (Å²) in [6, 6.07) is 7.85. The summed E-state index contributed by atoms with van der Waals surface area (Å²) in [5, 5.41) is 13.2. The fourth-order valence-electron chi connectivity index (χ4n) is 2.44. The average molecular weight is 251 g/mol. The lowest BCUT2D eigenvalue weighted by molar-refractivity contribution is 0.191. The van der Waals surface area contributed by atoms with E-state index in [1.807, 2.05) is 24.3 Å². The second kappa shape index (κ2) is 7.27. The molecule has 18 heavy (non-hydrogen) atoms. The summed E-state index contributed by atoms with van der Waals surface area (Å²) in [5.74, 6) is 0.822. The van der Waals surface area contributed by atoms with Crippen LogP contribution in [0, 0.1) is 0 Å². The molecule has 0 aliphatic carbocycles. The van der Waals surface area contributed by atoms with Crippen LogP contribution in [-0.2, 0) is 0 Å². The average Bonchev–Trinajstić information content (AvgIpc) is 2.40. The number of hydrogen-bond donors (Lipinski definition) is 2. The van der Waals surface area contributed by atoms with Gasteiger partial charge in [-0.25, -0.2) is 0 Å². The summed E-state index contributed by atoms with van der Waals surface area (Å²) in [6.45, 7) is 4.43. The smallest absolute Gasteiger partial charge is 0.141 e. The third-order valence-corrected chi connectivity index (χ3v) is 3.27. The van der Waals surface area contributed by atoms with Crippen LogP contribution in [0.25, 0.3) is 0 Å². The van der Waals surface area contributed by atoms with E-state index < -0.39 is 0 Å². The normalized spacial score (nSPS) is 11.3. The molecular weight excluding hydrogens is 226 g/mol. The molecule has 0 aliphatic rings. The van der Waals surface area contributed by atoms with Gasteiger partial charge in [-0.1, -0.05) is 38.8 Å². The molecule has 3 heteroatoms. The predicted octanol–water partition coefficient (Wildman–Crippen LogP) is 3.44. The molecule has 0 spiro atoms. The number of aliphatic hydroxyl groups excluding tert-OH is 1. The van der Waals surface area contributed by atoms with Crippen LogP contribution in [0.2, 0.25) is 0 Å². The summed E-state index contributed by atoms with van der Waals surface area (Å²) in [7, 11) is 1.67. The van der Waals surface area contributed by atoms with Crippen LogP contribution in [0.5, 0.6) is 5.75 Å². The molecule has 0 saturated heterocycles. The van der Waals surface area contributed by atoms with Crippen molar-refractivity contribution in [3.05, 3.63) is 24.3 Å². The van der Waals surface area contributed by atoms with Crippen molar-refractivity contribution in [3.63, 3.8) is 0 Å². The molecule has 1 aromatic rings. The molecule has 1 rings (SSSR count). The van der Waals surface area contributed by atoms with E-state index in [1.165, 1.54) is 0 Å². The molecular formula is C15H25NO2. The first kappa shape index (κ1) is 14.8. The Morgan fingerprint density at radius 1 is 1.17 bits per heavy atom. The van der Waals surface area contributed by atoms with Crippen LogP contribution >= 0.6 is 0 Å². The van der Waals surface area contributed by atoms with Crippen LogP contribution < -0.4 is 10.1 Å². The van der Waals surface area contributed by atoms with E-state index in [1.54, 1.807) is 7.11 Å². The molecule has 0 radical (unpaired) electrons. The van der Waals surface area contributed by atoms with Gasteiger partial charge in [0.1, 0.15) is 5.75 Å². The number of para-hydroxylation sites is 2. The number of aliphatic hydroxyl groups is 1. The standard InChI is InChI=1S/C15H25NO2/c1-4-10-15(12-17,11-5-2)16-13-8-6-7-9-14(13)18-3/h6-9,16-17H,4-5,10-12H2,1-3H3. The molecule has 0 aromatic heterocycles. The number of methoxy groups -OCH3 is 1. The number of rotatable bonds is 8. The van der Waals surface area contributed by atoms with Gasteiger partial charge in [-0.3, -0.25) is 0 Å². The van der Waals surface area contributed by atoms with Gasteiger partial charge in [0.15, 0.2) is 0 Å². The van der Waals surface area contributed by atoms with Crippen molar-refractivity contribution in [2.45, 2.75) is 45.1 Å². The van der Waals surface area contributed by atoms with E-state index in [0.29, 0.717) is 0 Å². The SMILES string of the molecule is CCCC(CO)(CCC)Nc1ccccc1OC. The van der Waals surface area contributed by atoms with Crippen molar-refractivity contribution >= 4 is 5.69 Å². The molecule has 0 amide bonds. The second-order valence-corrected chi connectivity index (χ2v) is 4.76. The van der Waals surface area contributed by atoms with Crippen LogP contribution in [0.15, 0.2) is 24.3 Å². The first-order valence-electron chi connectivity index (χ1n) is 6.73. The lowest BCUT2D eigenvalue weighted by Crippen LogP contribution is -2.42. The maximum absolute atomic E-state index is 9.76. The van der Waals surface area contributed by atoms with Crippen molar-refractivity contribution in [3.8, 4) is 5.75 Å². The molecule has 0 fully saturated rings. The number of nitrogens with one attached hydrogen (secondary N) is 1. The fraction of sp³-hybridized carbons (Fsp3) is 0.600. The predicted molar refractivity (Wildman–Crippen MR) is 76.2 cm³/mol. The molecule has 0 heterocycles. The Morgan fingerprint density at radius 2 is 1.78 bits per heavy atom. The number of hydrogen-bond acceptors (Lipinski definition) is 3. The van der Waals surface area contributed by atoms with E-state index in [9.17, 15) is 5.11 Å². The van der Waals surface area contributed by atoms with Gasteiger partial charge < -0.3 is 15.2 Å². The quantitative estimate of drug-likeness (QED) is 0.743. The Balaban J connectivity index is 2.94. The summed E-state index contributed by atoms with van der Waals surface area (Å²) in [4.78, 5) is 0. The van der Waals surface area contributed by atoms with Crippen molar-refractivity contribution in [1.29, 1.82) is 0 Å². The lowest BCUT2D eigenvalue weighted by Gasteiger charge is -2.34. The van der Waals surface area contributed by atoms with Crippen molar-refractivity contribution in [2.75, 3.05) is 19.0 Å². The van der Waals surface area contributed by atoms with E-state index in [4.69, 9.17) is 4.74 Å². The first-order chi connectivity index (χ1) is 8.71. The van der Waals surface area contributed by atoms with E-state index in [0.717, 1.165) is 37.1 Å². The molecule has 0 atom stereocenters. The maximum Gasteiger partial charge on any atom is 0.141 e.